The molecule has 3 nitrogen and oxygen atoms in total. The number of benzene rings is 1. The molecule has 110 valence electrons. The summed E-state index contributed by atoms with van der Waals surface area (Å²) in [6.07, 6.45) is 7.25. The first-order valence-corrected chi connectivity index (χ1v) is 8.59. The maximum atomic E-state index is 4.66. The Bertz CT molecular complexity index is 664. The minimum Gasteiger partial charge on any atom is -0.367 e. The number of halogens is 1. The summed E-state index contributed by atoms with van der Waals surface area (Å²) in [7, 11) is 0. The molecule has 1 saturated heterocycles. The Morgan fingerprint density at radius 1 is 1.24 bits per heavy atom. The second-order valence-electron chi connectivity index (χ2n) is 6.34. The molecule has 4 rings (SSSR count). The van der Waals surface area contributed by atoms with Crippen molar-refractivity contribution in [3.8, 4) is 0 Å². The number of fused-ring (bicyclic) bond motifs is 1. The van der Waals surface area contributed by atoms with Gasteiger partial charge in [0.2, 0.25) is 0 Å². The van der Waals surface area contributed by atoms with E-state index in [9.17, 15) is 0 Å². The fraction of sp³-hybridized carbons (Fsp3) is 0.471. The smallest absolute Gasteiger partial charge is 0.0936 e. The summed E-state index contributed by atoms with van der Waals surface area (Å²) < 4.78 is 1.04. The SMILES string of the molecule is Brc1cnc2c(N3CCNC4(CCCC4)C3)cccc2c1. The Morgan fingerprint density at radius 3 is 2.95 bits per heavy atom. The number of piperazine rings is 1. The van der Waals surface area contributed by atoms with Gasteiger partial charge in [-0.25, -0.2) is 0 Å². The molecule has 0 unspecified atom stereocenters. The van der Waals surface area contributed by atoms with E-state index in [1.807, 2.05) is 6.20 Å². The zero-order valence-electron chi connectivity index (χ0n) is 12.1. The van der Waals surface area contributed by atoms with Gasteiger partial charge in [0.25, 0.3) is 0 Å². The molecule has 0 atom stereocenters. The van der Waals surface area contributed by atoms with E-state index in [-0.39, 0.29) is 0 Å². The molecular formula is C17H20BrN3. The second-order valence-corrected chi connectivity index (χ2v) is 7.25. The average molecular weight is 346 g/mol. The van der Waals surface area contributed by atoms with Crippen LogP contribution in [0, 0.1) is 0 Å². The number of nitrogens with one attached hydrogen (secondary N) is 1. The van der Waals surface area contributed by atoms with Crippen LogP contribution in [-0.2, 0) is 0 Å². The van der Waals surface area contributed by atoms with Crippen LogP contribution >= 0.6 is 15.9 Å². The monoisotopic (exact) mass is 345 g/mol. The van der Waals surface area contributed by atoms with Gasteiger partial charge in [0, 0.05) is 41.2 Å². The standard InChI is InChI=1S/C17H20BrN3/c18-14-10-13-4-3-5-15(16(13)19-11-14)21-9-8-20-17(12-21)6-1-2-7-17/h3-5,10-11,20H,1-2,6-9,12H2. The van der Waals surface area contributed by atoms with Gasteiger partial charge in [0.1, 0.15) is 0 Å². The third-order valence-corrected chi connectivity index (χ3v) is 5.37. The molecule has 0 radical (unpaired) electrons. The molecular weight excluding hydrogens is 326 g/mol. The van der Waals surface area contributed by atoms with Crippen LogP contribution in [0.15, 0.2) is 34.9 Å². The fourth-order valence-electron chi connectivity index (χ4n) is 3.92. The van der Waals surface area contributed by atoms with Gasteiger partial charge in [-0.15, -0.1) is 0 Å². The highest BCUT2D eigenvalue weighted by molar-refractivity contribution is 9.10. The summed E-state index contributed by atoms with van der Waals surface area (Å²) in [5, 5.41) is 4.99. The van der Waals surface area contributed by atoms with E-state index in [4.69, 9.17) is 0 Å². The van der Waals surface area contributed by atoms with Crippen LogP contribution in [0.5, 0.6) is 0 Å². The molecule has 1 N–H and O–H groups in total. The number of hydrogen-bond acceptors (Lipinski definition) is 3. The third kappa shape index (κ3) is 2.44. The maximum Gasteiger partial charge on any atom is 0.0936 e. The maximum absolute atomic E-state index is 4.66. The molecule has 1 aromatic carbocycles. The summed E-state index contributed by atoms with van der Waals surface area (Å²) in [5.74, 6) is 0. The van der Waals surface area contributed by atoms with E-state index in [0.717, 1.165) is 29.6 Å². The fourth-order valence-corrected chi connectivity index (χ4v) is 4.27. The van der Waals surface area contributed by atoms with Gasteiger partial charge >= 0.3 is 0 Å². The molecule has 4 heteroatoms. The number of pyridine rings is 1. The third-order valence-electron chi connectivity index (χ3n) is 4.93. The highest BCUT2D eigenvalue weighted by atomic mass is 79.9. The molecule has 2 heterocycles. The lowest BCUT2D eigenvalue weighted by Crippen LogP contribution is -2.59. The van der Waals surface area contributed by atoms with Crippen molar-refractivity contribution in [1.82, 2.24) is 10.3 Å². The topological polar surface area (TPSA) is 28.2 Å². The van der Waals surface area contributed by atoms with Crippen molar-refractivity contribution in [3.05, 3.63) is 34.9 Å². The van der Waals surface area contributed by atoms with Crippen molar-refractivity contribution in [3.63, 3.8) is 0 Å². The van der Waals surface area contributed by atoms with Crippen LogP contribution in [-0.4, -0.2) is 30.2 Å². The first-order valence-electron chi connectivity index (χ1n) is 7.80. The minimum atomic E-state index is 0.343. The van der Waals surface area contributed by atoms with E-state index in [2.05, 4.69) is 55.4 Å². The first-order chi connectivity index (χ1) is 10.3. The molecule has 21 heavy (non-hydrogen) atoms. The largest absolute Gasteiger partial charge is 0.367 e. The second kappa shape index (κ2) is 5.25. The Balaban J connectivity index is 1.72. The van der Waals surface area contributed by atoms with Gasteiger partial charge in [-0.2, -0.15) is 0 Å². The van der Waals surface area contributed by atoms with E-state index in [1.165, 1.54) is 36.8 Å². The molecule has 1 aliphatic heterocycles. The summed E-state index contributed by atoms with van der Waals surface area (Å²) in [6, 6.07) is 8.66. The van der Waals surface area contributed by atoms with Gasteiger partial charge in [0.15, 0.2) is 0 Å². The van der Waals surface area contributed by atoms with Gasteiger partial charge in [-0.1, -0.05) is 25.0 Å². The van der Waals surface area contributed by atoms with Crippen LogP contribution < -0.4 is 10.2 Å². The van der Waals surface area contributed by atoms with Crippen LogP contribution in [0.2, 0.25) is 0 Å². The van der Waals surface area contributed by atoms with Crippen molar-refractivity contribution >= 4 is 32.5 Å². The average Bonchev–Trinajstić information content (AvgIpc) is 2.94. The zero-order valence-corrected chi connectivity index (χ0v) is 13.7. The highest BCUT2D eigenvalue weighted by Crippen LogP contribution is 2.35. The van der Waals surface area contributed by atoms with Gasteiger partial charge in [-0.3, -0.25) is 4.98 Å². The molecule has 1 spiro atoms. The molecule has 1 aromatic heterocycles. The van der Waals surface area contributed by atoms with Crippen molar-refractivity contribution in [2.24, 2.45) is 0 Å². The lowest BCUT2D eigenvalue weighted by molar-refractivity contribution is 0.304. The van der Waals surface area contributed by atoms with Gasteiger partial charge in [0.05, 0.1) is 11.2 Å². The zero-order chi connectivity index (χ0) is 14.3. The first kappa shape index (κ1) is 13.5. The molecule has 1 saturated carbocycles. The van der Waals surface area contributed by atoms with Crippen molar-refractivity contribution < 1.29 is 0 Å². The Hall–Kier alpha value is -1.13. The molecule has 0 amide bonds. The summed E-state index contributed by atoms with van der Waals surface area (Å²) >= 11 is 3.52. The molecule has 2 aliphatic rings. The van der Waals surface area contributed by atoms with E-state index < -0.39 is 0 Å². The quantitative estimate of drug-likeness (QED) is 0.853. The molecule has 0 bridgehead atoms. The number of nitrogens with zero attached hydrogens (tertiary/aromatic N) is 2. The van der Waals surface area contributed by atoms with E-state index >= 15 is 0 Å². The Morgan fingerprint density at radius 2 is 2.10 bits per heavy atom. The van der Waals surface area contributed by atoms with Gasteiger partial charge in [-0.05, 0) is 40.9 Å². The number of para-hydroxylation sites is 1. The number of aromatic nitrogens is 1. The highest BCUT2D eigenvalue weighted by Gasteiger charge is 2.37. The van der Waals surface area contributed by atoms with Crippen LogP contribution in [0.1, 0.15) is 25.7 Å². The summed E-state index contributed by atoms with van der Waals surface area (Å²) in [5.41, 5.74) is 2.75. The predicted molar refractivity (Wildman–Crippen MR) is 90.9 cm³/mol. The van der Waals surface area contributed by atoms with E-state index in [1.54, 1.807) is 0 Å². The minimum absolute atomic E-state index is 0.343. The van der Waals surface area contributed by atoms with E-state index in [0.29, 0.717) is 5.54 Å². The van der Waals surface area contributed by atoms with Crippen LogP contribution in [0.25, 0.3) is 10.9 Å². The predicted octanol–water partition coefficient (Wildman–Crippen LogP) is 3.72. The summed E-state index contributed by atoms with van der Waals surface area (Å²) in [4.78, 5) is 7.19. The lowest BCUT2D eigenvalue weighted by Gasteiger charge is -2.42. The van der Waals surface area contributed by atoms with Crippen LogP contribution in [0.3, 0.4) is 0 Å². The van der Waals surface area contributed by atoms with Gasteiger partial charge < -0.3 is 10.2 Å². The normalized spacial score (nSPS) is 21.3. The van der Waals surface area contributed by atoms with Crippen molar-refractivity contribution in [2.45, 2.75) is 31.2 Å². The number of anilines is 1. The summed E-state index contributed by atoms with van der Waals surface area (Å²) in [6.45, 7) is 3.26. The number of rotatable bonds is 1. The number of hydrogen-bond donors (Lipinski definition) is 1. The molecule has 2 fully saturated rings. The Labute approximate surface area is 133 Å². The van der Waals surface area contributed by atoms with Crippen molar-refractivity contribution in [2.75, 3.05) is 24.5 Å². The lowest BCUT2D eigenvalue weighted by atomic mass is 9.94. The Kier molecular flexibility index (Phi) is 3.38. The molecule has 2 aromatic rings. The van der Waals surface area contributed by atoms with Crippen LogP contribution in [0.4, 0.5) is 5.69 Å². The van der Waals surface area contributed by atoms with Crippen molar-refractivity contribution in [1.29, 1.82) is 0 Å². The molecule has 1 aliphatic carbocycles.